The lowest BCUT2D eigenvalue weighted by atomic mass is 9.87. The molecule has 1 aliphatic carbocycles. The van der Waals surface area contributed by atoms with E-state index < -0.39 is 0 Å². The Hall–Kier alpha value is -0.990. The lowest BCUT2D eigenvalue weighted by Gasteiger charge is -2.27. The first-order valence-corrected chi connectivity index (χ1v) is 5.49. The van der Waals surface area contributed by atoms with E-state index in [1.165, 1.54) is 25.7 Å². The molecule has 1 aromatic rings. The minimum atomic E-state index is 0.656. The second-order valence-electron chi connectivity index (χ2n) is 4.52. The summed E-state index contributed by atoms with van der Waals surface area (Å²) in [5, 5.41) is 7.70. The summed E-state index contributed by atoms with van der Waals surface area (Å²) < 4.78 is 1.84. The summed E-state index contributed by atoms with van der Waals surface area (Å²) in [5.41, 5.74) is 1.16. The summed E-state index contributed by atoms with van der Waals surface area (Å²) in [6.07, 6.45) is 9.30. The van der Waals surface area contributed by atoms with Gasteiger partial charge in [0.15, 0.2) is 0 Å². The summed E-state index contributed by atoms with van der Waals surface area (Å²) >= 11 is 0. The summed E-state index contributed by atoms with van der Waals surface area (Å²) in [6, 6.07) is 0.656. The van der Waals surface area contributed by atoms with Crippen LogP contribution in [0.3, 0.4) is 0 Å². The molecular formula is C11H19N3. The van der Waals surface area contributed by atoms with Gasteiger partial charge in [0.1, 0.15) is 0 Å². The second kappa shape index (κ2) is 4.03. The van der Waals surface area contributed by atoms with Crippen molar-refractivity contribution in [1.29, 1.82) is 0 Å². The molecule has 2 atom stereocenters. The van der Waals surface area contributed by atoms with E-state index in [1.54, 1.807) is 0 Å². The Morgan fingerprint density at radius 3 is 3.00 bits per heavy atom. The van der Waals surface area contributed by atoms with Gasteiger partial charge in [-0.25, -0.2) is 0 Å². The molecule has 1 saturated carbocycles. The van der Waals surface area contributed by atoms with Gasteiger partial charge in [0.2, 0.25) is 0 Å². The summed E-state index contributed by atoms with van der Waals surface area (Å²) in [6.45, 7) is 2.34. The Bertz CT molecular complexity index is 292. The van der Waals surface area contributed by atoms with Crippen molar-refractivity contribution in [3.05, 3.63) is 12.4 Å². The van der Waals surface area contributed by atoms with Crippen molar-refractivity contribution >= 4 is 5.69 Å². The van der Waals surface area contributed by atoms with Crippen LogP contribution in [0.4, 0.5) is 5.69 Å². The maximum Gasteiger partial charge on any atom is 0.0728 e. The van der Waals surface area contributed by atoms with E-state index in [1.807, 2.05) is 24.1 Å². The first-order valence-electron chi connectivity index (χ1n) is 5.49. The van der Waals surface area contributed by atoms with E-state index in [-0.39, 0.29) is 0 Å². The third-order valence-electron chi connectivity index (χ3n) is 3.01. The number of anilines is 1. The molecule has 14 heavy (non-hydrogen) atoms. The molecule has 0 aliphatic heterocycles. The van der Waals surface area contributed by atoms with E-state index in [4.69, 9.17) is 0 Å². The number of aryl methyl sites for hydroxylation is 1. The van der Waals surface area contributed by atoms with Crippen LogP contribution >= 0.6 is 0 Å². The van der Waals surface area contributed by atoms with E-state index in [9.17, 15) is 0 Å². The van der Waals surface area contributed by atoms with Gasteiger partial charge in [0.05, 0.1) is 11.9 Å². The highest BCUT2D eigenvalue weighted by molar-refractivity contribution is 5.39. The van der Waals surface area contributed by atoms with Gasteiger partial charge < -0.3 is 5.32 Å². The maximum absolute atomic E-state index is 4.16. The Kier molecular flexibility index (Phi) is 2.75. The molecule has 1 fully saturated rings. The zero-order valence-electron chi connectivity index (χ0n) is 9.03. The number of aromatic nitrogens is 2. The number of nitrogens with zero attached hydrogens (tertiary/aromatic N) is 2. The van der Waals surface area contributed by atoms with Gasteiger partial charge in [-0.3, -0.25) is 4.68 Å². The fourth-order valence-corrected chi connectivity index (χ4v) is 2.30. The van der Waals surface area contributed by atoms with E-state index in [0.717, 1.165) is 11.6 Å². The third-order valence-corrected chi connectivity index (χ3v) is 3.01. The minimum Gasteiger partial charge on any atom is -0.380 e. The molecule has 0 saturated heterocycles. The normalized spacial score (nSPS) is 27.6. The Labute approximate surface area is 85.5 Å². The molecule has 78 valence electrons. The second-order valence-corrected chi connectivity index (χ2v) is 4.52. The fraction of sp³-hybridized carbons (Fsp3) is 0.727. The van der Waals surface area contributed by atoms with Crippen molar-refractivity contribution in [3.8, 4) is 0 Å². The Morgan fingerprint density at radius 1 is 1.50 bits per heavy atom. The van der Waals surface area contributed by atoms with Crippen LogP contribution in [0.2, 0.25) is 0 Å². The highest BCUT2D eigenvalue weighted by Crippen LogP contribution is 2.25. The van der Waals surface area contributed by atoms with E-state index >= 15 is 0 Å². The van der Waals surface area contributed by atoms with Crippen LogP contribution in [0.5, 0.6) is 0 Å². The van der Waals surface area contributed by atoms with Gasteiger partial charge >= 0.3 is 0 Å². The Morgan fingerprint density at radius 2 is 2.36 bits per heavy atom. The number of rotatable bonds is 2. The number of nitrogens with one attached hydrogen (secondary N) is 1. The van der Waals surface area contributed by atoms with Crippen LogP contribution in [0.15, 0.2) is 12.4 Å². The summed E-state index contributed by atoms with van der Waals surface area (Å²) in [5.74, 6) is 0.873. The Balaban J connectivity index is 1.90. The van der Waals surface area contributed by atoms with Crippen LogP contribution in [-0.4, -0.2) is 15.8 Å². The minimum absolute atomic E-state index is 0.656. The zero-order chi connectivity index (χ0) is 9.97. The summed E-state index contributed by atoms with van der Waals surface area (Å²) in [4.78, 5) is 0. The monoisotopic (exact) mass is 193 g/mol. The van der Waals surface area contributed by atoms with Gasteiger partial charge in [0, 0.05) is 19.3 Å². The number of hydrogen-bond donors (Lipinski definition) is 1. The first kappa shape index (κ1) is 9.56. The quantitative estimate of drug-likeness (QED) is 0.781. The maximum atomic E-state index is 4.16. The average Bonchev–Trinajstić information content (AvgIpc) is 2.51. The SMILES string of the molecule is C[C@@H]1CCC[C@@H](Nc2cnn(C)c2)C1. The molecule has 0 unspecified atom stereocenters. The molecular weight excluding hydrogens is 174 g/mol. The van der Waals surface area contributed by atoms with Gasteiger partial charge in [-0.05, 0) is 18.8 Å². The predicted octanol–water partition coefficient (Wildman–Crippen LogP) is 2.41. The van der Waals surface area contributed by atoms with E-state index in [2.05, 4.69) is 17.3 Å². The number of hydrogen-bond acceptors (Lipinski definition) is 2. The standard InChI is InChI=1S/C11H19N3/c1-9-4-3-5-10(6-9)13-11-7-12-14(2)8-11/h7-10,13H,3-6H2,1-2H3/t9-,10-/m1/s1. The van der Waals surface area contributed by atoms with Crippen molar-refractivity contribution in [2.75, 3.05) is 5.32 Å². The van der Waals surface area contributed by atoms with Crippen LogP contribution in [0.1, 0.15) is 32.6 Å². The fourth-order valence-electron chi connectivity index (χ4n) is 2.30. The lowest BCUT2D eigenvalue weighted by Crippen LogP contribution is -2.25. The summed E-state index contributed by atoms with van der Waals surface area (Å²) in [7, 11) is 1.95. The van der Waals surface area contributed by atoms with Crippen molar-refractivity contribution in [2.24, 2.45) is 13.0 Å². The third kappa shape index (κ3) is 2.28. The highest BCUT2D eigenvalue weighted by Gasteiger charge is 2.18. The van der Waals surface area contributed by atoms with Crippen LogP contribution < -0.4 is 5.32 Å². The van der Waals surface area contributed by atoms with Gasteiger partial charge in [-0.15, -0.1) is 0 Å². The molecule has 2 rings (SSSR count). The van der Waals surface area contributed by atoms with Gasteiger partial charge in [-0.1, -0.05) is 19.8 Å². The van der Waals surface area contributed by atoms with Crippen molar-refractivity contribution in [2.45, 2.75) is 38.6 Å². The molecule has 3 nitrogen and oxygen atoms in total. The topological polar surface area (TPSA) is 29.9 Å². The van der Waals surface area contributed by atoms with Crippen molar-refractivity contribution in [3.63, 3.8) is 0 Å². The molecule has 3 heteroatoms. The molecule has 1 heterocycles. The zero-order valence-corrected chi connectivity index (χ0v) is 9.03. The highest BCUT2D eigenvalue weighted by atomic mass is 15.3. The lowest BCUT2D eigenvalue weighted by molar-refractivity contribution is 0.358. The average molecular weight is 193 g/mol. The van der Waals surface area contributed by atoms with Crippen molar-refractivity contribution in [1.82, 2.24) is 9.78 Å². The molecule has 1 aromatic heterocycles. The van der Waals surface area contributed by atoms with Gasteiger partial charge in [-0.2, -0.15) is 5.10 Å². The predicted molar refractivity (Wildman–Crippen MR) is 58.3 cm³/mol. The smallest absolute Gasteiger partial charge is 0.0728 e. The van der Waals surface area contributed by atoms with Crippen molar-refractivity contribution < 1.29 is 0 Å². The largest absolute Gasteiger partial charge is 0.380 e. The van der Waals surface area contributed by atoms with Crippen LogP contribution in [0, 0.1) is 5.92 Å². The van der Waals surface area contributed by atoms with Crippen LogP contribution in [0.25, 0.3) is 0 Å². The molecule has 0 amide bonds. The molecule has 1 N–H and O–H groups in total. The molecule has 0 radical (unpaired) electrons. The molecule has 0 aromatic carbocycles. The molecule has 0 spiro atoms. The molecule has 1 aliphatic rings. The first-order chi connectivity index (χ1) is 6.74. The van der Waals surface area contributed by atoms with Crippen LogP contribution in [-0.2, 0) is 7.05 Å². The van der Waals surface area contributed by atoms with Gasteiger partial charge in [0.25, 0.3) is 0 Å². The van der Waals surface area contributed by atoms with E-state index in [0.29, 0.717) is 6.04 Å². The molecule has 0 bridgehead atoms.